The molecule has 1 fully saturated rings. The molecule has 2 aromatic heterocycles. The van der Waals surface area contributed by atoms with Crippen LogP contribution in [0.4, 0.5) is 13.2 Å². The second-order valence-electron chi connectivity index (χ2n) is 10.2. The average molecular weight is 558 g/mol. The molecule has 0 radical (unpaired) electrons. The van der Waals surface area contributed by atoms with Gasteiger partial charge in [-0.2, -0.15) is 18.3 Å². The third-order valence-electron chi connectivity index (χ3n) is 7.08. The highest BCUT2D eigenvalue weighted by molar-refractivity contribution is 7.14. The molecule has 7 nitrogen and oxygen atoms in total. The minimum atomic E-state index is -4.55. The lowest BCUT2D eigenvalue weighted by atomic mass is 10.1. The van der Waals surface area contributed by atoms with Gasteiger partial charge in [0, 0.05) is 35.0 Å². The molecule has 1 amide bonds. The van der Waals surface area contributed by atoms with Gasteiger partial charge >= 0.3 is 6.18 Å². The number of hydrogen-bond acceptors (Lipinski definition) is 6. The highest BCUT2D eigenvalue weighted by Crippen LogP contribution is 2.39. The third-order valence-corrected chi connectivity index (χ3v) is 8.41. The molecule has 11 heteroatoms. The predicted octanol–water partition coefficient (Wildman–Crippen LogP) is 6.08. The van der Waals surface area contributed by atoms with Crippen LogP contribution in [0.5, 0.6) is 5.75 Å². The van der Waals surface area contributed by atoms with Gasteiger partial charge in [0.2, 0.25) is 5.13 Å². The van der Waals surface area contributed by atoms with Crippen LogP contribution in [-0.4, -0.2) is 70.8 Å². The van der Waals surface area contributed by atoms with E-state index in [2.05, 4.69) is 23.8 Å². The second-order valence-corrected chi connectivity index (χ2v) is 11.3. The molecule has 0 aliphatic carbocycles. The van der Waals surface area contributed by atoms with Crippen LogP contribution in [0.15, 0.2) is 42.5 Å². The summed E-state index contributed by atoms with van der Waals surface area (Å²) in [5.41, 5.74) is 1.19. The van der Waals surface area contributed by atoms with Gasteiger partial charge in [-0.1, -0.05) is 37.3 Å². The molecule has 0 saturated carbocycles. The van der Waals surface area contributed by atoms with E-state index in [1.54, 1.807) is 12.0 Å². The number of nitrogens with zero attached hydrogens (tertiary/aromatic N) is 5. The summed E-state index contributed by atoms with van der Waals surface area (Å²) in [7, 11) is 5.50. The Bertz CT molecular complexity index is 1530. The van der Waals surface area contributed by atoms with Gasteiger partial charge in [-0.05, 0) is 56.8 Å². The average Bonchev–Trinajstić information content (AvgIpc) is 3.64. The van der Waals surface area contributed by atoms with Crippen molar-refractivity contribution in [3.63, 3.8) is 0 Å². The number of amides is 1. The van der Waals surface area contributed by atoms with E-state index in [1.807, 2.05) is 38.4 Å². The smallest absolute Gasteiger partial charge is 0.416 e. The van der Waals surface area contributed by atoms with Crippen molar-refractivity contribution in [2.24, 2.45) is 0 Å². The fourth-order valence-corrected chi connectivity index (χ4v) is 5.93. The number of methoxy groups -OCH3 is 1. The van der Waals surface area contributed by atoms with Gasteiger partial charge in [-0.15, -0.1) is 0 Å². The summed E-state index contributed by atoms with van der Waals surface area (Å²) in [5, 5.41) is 5.25. The molecule has 5 rings (SSSR count). The van der Waals surface area contributed by atoms with Crippen LogP contribution < -0.4 is 4.74 Å². The maximum absolute atomic E-state index is 13.7. The molecule has 0 bridgehead atoms. The van der Waals surface area contributed by atoms with E-state index in [9.17, 15) is 18.0 Å². The number of benzene rings is 2. The first-order valence-corrected chi connectivity index (χ1v) is 13.5. The van der Waals surface area contributed by atoms with E-state index in [0.29, 0.717) is 29.5 Å². The Kier molecular flexibility index (Phi) is 7.15. The van der Waals surface area contributed by atoms with E-state index >= 15 is 0 Å². The predicted molar refractivity (Wildman–Crippen MR) is 146 cm³/mol. The van der Waals surface area contributed by atoms with E-state index in [4.69, 9.17) is 9.72 Å². The normalized spacial score (nSPS) is 16.2. The van der Waals surface area contributed by atoms with Crippen molar-refractivity contribution >= 4 is 28.1 Å². The number of alkyl halides is 3. The zero-order valence-corrected chi connectivity index (χ0v) is 23.2. The molecular weight excluding hydrogens is 527 g/mol. The molecule has 1 atom stereocenters. The lowest BCUT2D eigenvalue weighted by Crippen LogP contribution is -2.34. The minimum absolute atomic E-state index is 0.000247. The van der Waals surface area contributed by atoms with Crippen molar-refractivity contribution in [2.45, 2.75) is 38.4 Å². The largest absolute Gasteiger partial charge is 0.497 e. The molecule has 206 valence electrons. The molecule has 0 N–H and O–H groups in total. The lowest BCUT2D eigenvalue weighted by molar-refractivity contribution is -0.137. The van der Waals surface area contributed by atoms with E-state index in [0.717, 1.165) is 34.7 Å². The Hall–Kier alpha value is -3.44. The number of hydrogen-bond donors (Lipinski definition) is 0. The number of likely N-dealkylation sites (tertiary alicyclic amines) is 1. The minimum Gasteiger partial charge on any atom is -0.497 e. The van der Waals surface area contributed by atoms with Gasteiger partial charge in [0.05, 0.1) is 23.9 Å². The summed E-state index contributed by atoms with van der Waals surface area (Å²) in [6.45, 7) is 5.13. The SMILES string of the molecule is COc1cccc(-c2nc(-n3nc(C(=O)N4CC[C@@H](N(C)C)C4)c4cc(C(F)(F)F)ccc43)sc2C(C)C)c1. The van der Waals surface area contributed by atoms with E-state index in [-0.39, 0.29) is 28.9 Å². The number of carbonyl (C=O) groups is 1. The number of aromatic nitrogens is 3. The highest BCUT2D eigenvalue weighted by Gasteiger charge is 2.34. The summed E-state index contributed by atoms with van der Waals surface area (Å²) in [4.78, 5) is 23.2. The fraction of sp³-hybridized carbons (Fsp3) is 0.393. The molecule has 1 aliphatic rings. The number of fused-ring (bicyclic) bond motifs is 1. The molecule has 4 aromatic rings. The zero-order valence-electron chi connectivity index (χ0n) is 22.4. The van der Waals surface area contributed by atoms with Crippen molar-refractivity contribution in [3.05, 3.63) is 58.6 Å². The molecule has 0 unspecified atom stereocenters. The Morgan fingerprint density at radius 3 is 2.59 bits per heavy atom. The third kappa shape index (κ3) is 5.12. The van der Waals surface area contributed by atoms with Crippen molar-refractivity contribution in [3.8, 4) is 22.1 Å². The van der Waals surface area contributed by atoms with Gasteiger partial charge in [0.25, 0.3) is 5.91 Å². The van der Waals surface area contributed by atoms with Crippen LogP contribution in [0.2, 0.25) is 0 Å². The number of thiazole rings is 1. The summed E-state index contributed by atoms with van der Waals surface area (Å²) in [6.07, 6.45) is -3.76. The van der Waals surface area contributed by atoms with Crippen LogP contribution in [0.25, 0.3) is 27.3 Å². The van der Waals surface area contributed by atoms with Crippen LogP contribution >= 0.6 is 11.3 Å². The standard InChI is InChI=1S/C28H30F3N5O2S/c1-16(2)25-23(17-7-6-8-20(13-17)38-5)32-27(39-25)36-22-10-9-18(28(29,30)31)14-21(22)24(33-36)26(37)35-12-11-19(15-35)34(3)4/h6-10,13-14,16,19H,11-12,15H2,1-5H3/t19-/m1/s1. The van der Waals surface area contributed by atoms with Crippen LogP contribution in [0.3, 0.4) is 0 Å². The summed E-state index contributed by atoms with van der Waals surface area (Å²) in [5.74, 6) is 0.441. The Balaban J connectivity index is 1.66. The van der Waals surface area contributed by atoms with Crippen molar-refractivity contribution < 1.29 is 22.7 Å². The molecule has 0 spiro atoms. The molecule has 1 aliphatic heterocycles. The Labute approximate surface area is 228 Å². The first kappa shape index (κ1) is 27.1. The van der Waals surface area contributed by atoms with Gasteiger partial charge in [0.1, 0.15) is 5.75 Å². The topological polar surface area (TPSA) is 63.5 Å². The van der Waals surface area contributed by atoms with Gasteiger partial charge in [-0.3, -0.25) is 4.79 Å². The summed E-state index contributed by atoms with van der Waals surface area (Å²) in [6, 6.07) is 11.2. The monoisotopic (exact) mass is 557 g/mol. The van der Waals surface area contributed by atoms with Crippen molar-refractivity contribution in [1.82, 2.24) is 24.6 Å². The van der Waals surface area contributed by atoms with Gasteiger partial charge in [-0.25, -0.2) is 9.67 Å². The van der Waals surface area contributed by atoms with Gasteiger partial charge in [0.15, 0.2) is 5.69 Å². The van der Waals surface area contributed by atoms with Crippen LogP contribution in [-0.2, 0) is 6.18 Å². The highest BCUT2D eigenvalue weighted by atomic mass is 32.1. The second kappa shape index (κ2) is 10.3. The number of halogens is 3. The molecule has 2 aromatic carbocycles. The van der Waals surface area contributed by atoms with Crippen molar-refractivity contribution in [2.75, 3.05) is 34.3 Å². The number of likely N-dealkylation sites (N-methyl/N-ethyl adjacent to an activating group) is 1. The molecular formula is C28H30F3N5O2S. The maximum Gasteiger partial charge on any atom is 0.416 e. The number of carbonyl (C=O) groups excluding carboxylic acids is 1. The molecule has 3 heterocycles. The Morgan fingerprint density at radius 1 is 1.18 bits per heavy atom. The van der Waals surface area contributed by atoms with E-state index < -0.39 is 11.7 Å². The maximum atomic E-state index is 13.7. The molecule has 39 heavy (non-hydrogen) atoms. The molecule has 1 saturated heterocycles. The van der Waals surface area contributed by atoms with Crippen LogP contribution in [0, 0.1) is 0 Å². The van der Waals surface area contributed by atoms with Crippen LogP contribution in [0.1, 0.15) is 47.1 Å². The van der Waals surface area contributed by atoms with Crippen molar-refractivity contribution in [1.29, 1.82) is 0 Å². The van der Waals surface area contributed by atoms with E-state index in [1.165, 1.54) is 22.1 Å². The summed E-state index contributed by atoms with van der Waals surface area (Å²) >= 11 is 1.41. The quantitative estimate of drug-likeness (QED) is 0.288. The number of ether oxygens (including phenoxy) is 1. The first-order valence-electron chi connectivity index (χ1n) is 12.7. The summed E-state index contributed by atoms with van der Waals surface area (Å²) < 4.78 is 47.9. The number of rotatable bonds is 6. The zero-order chi connectivity index (χ0) is 28.1. The fourth-order valence-electron chi connectivity index (χ4n) is 4.88. The first-order chi connectivity index (χ1) is 18.5. The Morgan fingerprint density at radius 2 is 1.95 bits per heavy atom. The lowest BCUT2D eigenvalue weighted by Gasteiger charge is -2.20. The van der Waals surface area contributed by atoms with Gasteiger partial charge < -0.3 is 14.5 Å².